The van der Waals surface area contributed by atoms with E-state index in [0.717, 1.165) is 53.7 Å². The summed E-state index contributed by atoms with van der Waals surface area (Å²) in [5, 5.41) is 16.5. The van der Waals surface area contributed by atoms with Crippen molar-refractivity contribution in [2.45, 2.75) is 46.0 Å². The number of hydrogen-bond donors (Lipinski definition) is 3. The van der Waals surface area contributed by atoms with Gasteiger partial charge in [0.25, 0.3) is 5.91 Å². The maximum atomic E-state index is 13.7. The lowest BCUT2D eigenvalue weighted by molar-refractivity contribution is -0.148. The summed E-state index contributed by atoms with van der Waals surface area (Å²) in [6.07, 6.45) is 4.18. The fourth-order valence-corrected chi connectivity index (χ4v) is 7.92. The lowest BCUT2D eigenvalue weighted by Crippen LogP contribution is -2.38. The number of ether oxygens (including phenoxy) is 2. The van der Waals surface area contributed by atoms with E-state index in [2.05, 4.69) is 10.6 Å². The number of fused-ring (bicyclic) bond motifs is 3. The molecule has 196 valence electrons. The van der Waals surface area contributed by atoms with Crippen molar-refractivity contribution >= 4 is 39.8 Å². The number of carbonyl (C=O) groups is 3. The van der Waals surface area contributed by atoms with Gasteiger partial charge in [-0.2, -0.15) is 0 Å². The number of carbonyl (C=O) groups excluding carboxylic acids is 2. The molecule has 2 fully saturated rings. The summed E-state index contributed by atoms with van der Waals surface area (Å²) >= 11 is 1.42. The number of rotatable bonds is 7. The molecule has 1 heterocycles. The lowest BCUT2D eigenvalue weighted by Gasteiger charge is -2.26. The Labute approximate surface area is 220 Å². The highest BCUT2D eigenvalue weighted by atomic mass is 32.1. The standard InChI is InChI=1S/C28H32N2O6S/c1-13(2)21-16-9-10-17(21)23(28(33)34)22(16)25(31)30-27-24(15-6-5-7-20(15)37-27)26(32)29-18-12-14(35-3)8-11-19(18)36-4/h8,11-12,16-17,22-23H,5-7,9-10H2,1-4H3,(H,29,32)(H,30,31)(H,33,34). The molecule has 2 aromatic rings. The Morgan fingerprint density at radius 3 is 2.38 bits per heavy atom. The molecular weight excluding hydrogens is 492 g/mol. The first-order chi connectivity index (χ1) is 17.7. The Bertz CT molecular complexity index is 1310. The number of benzene rings is 1. The number of thiophene rings is 1. The first-order valence-electron chi connectivity index (χ1n) is 12.6. The quantitative estimate of drug-likeness (QED) is 0.432. The number of aryl methyl sites for hydroxylation is 1. The third-order valence-electron chi connectivity index (χ3n) is 8.05. The van der Waals surface area contributed by atoms with Crippen molar-refractivity contribution in [1.29, 1.82) is 0 Å². The Morgan fingerprint density at radius 2 is 1.73 bits per heavy atom. The zero-order valence-electron chi connectivity index (χ0n) is 21.5. The van der Waals surface area contributed by atoms with Gasteiger partial charge in [0.1, 0.15) is 16.5 Å². The van der Waals surface area contributed by atoms with Gasteiger partial charge in [-0.15, -0.1) is 11.3 Å². The summed E-state index contributed by atoms with van der Waals surface area (Å²) in [7, 11) is 3.08. The minimum atomic E-state index is -0.928. The molecule has 0 aliphatic heterocycles. The first-order valence-corrected chi connectivity index (χ1v) is 13.5. The molecule has 0 spiro atoms. The van der Waals surface area contributed by atoms with E-state index in [1.165, 1.54) is 18.4 Å². The SMILES string of the molecule is COc1ccc(OC)c(NC(=O)c2c(NC(=O)C3C4CCC(C4=C(C)C)C3C(=O)O)sc3c2CCC3)c1. The van der Waals surface area contributed by atoms with Crippen LogP contribution in [0, 0.1) is 23.7 Å². The average molecular weight is 525 g/mol. The molecule has 3 aliphatic carbocycles. The normalized spacial score (nSPS) is 23.5. The van der Waals surface area contributed by atoms with Crippen molar-refractivity contribution in [3.8, 4) is 11.5 Å². The number of carboxylic acids is 1. The summed E-state index contributed by atoms with van der Waals surface area (Å²) in [5.74, 6) is -2.07. The van der Waals surface area contributed by atoms with Gasteiger partial charge in [-0.25, -0.2) is 0 Å². The molecule has 2 saturated carbocycles. The molecule has 3 aliphatic rings. The highest BCUT2D eigenvalue weighted by Gasteiger charge is 2.57. The number of amides is 2. The molecule has 8 nitrogen and oxygen atoms in total. The van der Waals surface area contributed by atoms with Gasteiger partial charge in [-0.3, -0.25) is 14.4 Å². The molecular formula is C28H32N2O6S. The second kappa shape index (κ2) is 9.85. The Balaban J connectivity index is 1.46. The molecule has 0 radical (unpaired) electrons. The van der Waals surface area contributed by atoms with Crippen molar-refractivity contribution in [1.82, 2.24) is 0 Å². The van der Waals surface area contributed by atoms with Crippen molar-refractivity contribution in [3.05, 3.63) is 45.3 Å². The van der Waals surface area contributed by atoms with E-state index in [1.807, 2.05) is 13.8 Å². The minimum Gasteiger partial charge on any atom is -0.497 e. The molecule has 5 rings (SSSR count). The molecule has 2 bridgehead atoms. The number of allylic oxidation sites excluding steroid dienone is 2. The fourth-order valence-electron chi connectivity index (χ4n) is 6.63. The third-order valence-corrected chi connectivity index (χ3v) is 9.25. The zero-order valence-corrected chi connectivity index (χ0v) is 22.3. The van der Waals surface area contributed by atoms with Crippen LogP contribution in [0.2, 0.25) is 0 Å². The first kappa shape index (κ1) is 25.3. The smallest absolute Gasteiger partial charge is 0.307 e. The van der Waals surface area contributed by atoms with Crippen LogP contribution in [0.15, 0.2) is 29.3 Å². The number of carboxylic acid groups (broad SMARTS) is 1. The number of anilines is 2. The molecule has 0 saturated heterocycles. The van der Waals surface area contributed by atoms with E-state index in [0.29, 0.717) is 27.8 Å². The van der Waals surface area contributed by atoms with Crippen molar-refractivity contribution in [2.75, 3.05) is 24.9 Å². The molecule has 2 amide bonds. The van der Waals surface area contributed by atoms with Gasteiger partial charge in [0, 0.05) is 10.9 Å². The maximum absolute atomic E-state index is 13.7. The second-order valence-electron chi connectivity index (χ2n) is 10.2. The Kier molecular flexibility index (Phi) is 6.74. The largest absolute Gasteiger partial charge is 0.497 e. The van der Waals surface area contributed by atoms with Crippen LogP contribution in [0.3, 0.4) is 0 Å². The van der Waals surface area contributed by atoms with Crippen LogP contribution in [-0.2, 0) is 22.4 Å². The van der Waals surface area contributed by atoms with Crippen molar-refractivity contribution < 1.29 is 29.0 Å². The second-order valence-corrected chi connectivity index (χ2v) is 11.3. The zero-order chi connectivity index (χ0) is 26.4. The molecule has 9 heteroatoms. The Hall–Kier alpha value is -3.33. The number of methoxy groups -OCH3 is 2. The predicted molar refractivity (Wildman–Crippen MR) is 142 cm³/mol. The van der Waals surface area contributed by atoms with Gasteiger partial charge in [-0.1, -0.05) is 11.1 Å². The highest BCUT2D eigenvalue weighted by molar-refractivity contribution is 7.17. The van der Waals surface area contributed by atoms with Crippen LogP contribution in [0.5, 0.6) is 11.5 Å². The molecule has 1 aromatic carbocycles. The maximum Gasteiger partial charge on any atom is 0.307 e. The average Bonchev–Trinajstić information content (AvgIpc) is 3.62. The molecule has 37 heavy (non-hydrogen) atoms. The topological polar surface area (TPSA) is 114 Å². The third kappa shape index (κ3) is 4.29. The highest BCUT2D eigenvalue weighted by Crippen LogP contribution is 2.57. The van der Waals surface area contributed by atoms with Gasteiger partial charge < -0.3 is 25.2 Å². The van der Waals surface area contributed by atoms with E-state index in [-0.39, 0.29) is 23.7 Å². The van der Waals surface area contributed by atoms with Crippen molar-refractivity contribution in [3.63, 3.8) is 0 Å². The number of nitrogens with one attached hydrogen (secondary N) is 2. The molecule has 4 unspecified atom stereocenters. The van der Waals surface area contributed by atoms with Crippen LogP contribution in [0.25, 0.3) is 0 Å². The van der Waals surface area contributed by atoms with E-state index < -0.39 is 17.8 Å². The summed E-state index contributed by atoms with van der Waals surface area (Å²) < 4.78 is 10.7. The van der Waals surface area contributed by atoms with Gasteiger partial charge in [-0.05, 0) is 75.5 Å². The molecule has 3 N–H and O–H groups in total. The lowest BCUT2D eigenvalue weighted by atomic mass is 9.79. The van der Waals surface area contributed by atoms with E-state index >= 15 is 0 Å². The summed E-state index contributed by atoms with van der Waals surface area (Å²) in [5.41, 5.74) is 4.11. The van der Waals surface area contributed by atoms with Crippen LogP contribution in [-0.4, -0.2) is 37.1 Å². The number of aliphatic carboxylic acids is 1. The van der Waals surface area contributed by atoms with E-state index in [4.69, 9.17) is 9.47 Å². The van der Waals surface area contributed by atoms with Gasteiger partial charge in [0.15, 0.2) is 0 Å². The summed E-state index contributed by atoms with van der Waals surface area (Å²) in [6.45, 7) is 4.00. The van der Waals surface area contributed by atoms with Gasteiger partial charge in [0.05, 0.1) is 37.3 Å². The molecule has 1 aromatic heterocycles. The van der Waals surface area contributed by atoms with E-state index in [9.17, 15) is 19.5 Å². The van der Waals surface area contributed by atoms with Crippen LogP contribution in [0.4, 0.5) is 10.7 Å². The Morgan fingerprint density at radius 1 is 1.00 bits per heavy atom. The predicted octanol–water partition coefficient (Wildman–Crippen LogP) is 5.14. The monoisotopic (exact) mass is 524 g/mol. The summed E-state index contributed by atoms with van der Waals surface area (Å²) in [4.78, 5) is 40.6. The van der Waals surface area contributed by atoms with Crippen LogP contribution in [0.1, 0.15) is 53.9 Å². The van der Waals surface area contributed by atoms with Crippen LogP contribution < -0.4 is 20.1 Å². The number of hydrogen-bond acceptors (Lipinski definition) is 6. The van der Waals surface area contributed by atoms with Crippen molar-refractivity contribution in [2.24, 2.45) is 23.7 Å². The van der Waals surface area contributed by atoms with E-state index in [1.54, 1.807) is 25.3 Å². The summed E-state index contributed by atoms with van der Waals surface area (Å²) in [6, 6.07) is 5.16. The molecule has 4 atom stereocenters. The fraction of sp³-hybridized carbons (Fsp3) is 0.464. The van der Waals surface area contributed by atoms with Gasteiger partial charge in [0.2, 0.25) is 5.91 Å². The minimum absolute atomic E-state index is 0.0683. The van der Waals surface area contributed by atoms with Crippen LogP contribution >= 0.6 is 11.3 Å². The van der Waals surface area contributed by atoms with Gasteiger partial charge >= 0.3 is 5.97 Å².